The lowest BCUT2D eigenvalue weighted by atomic mass is 10.2. The number of pyridine rings is 1. The molecule has 1 heterocycles. The maximum Gasteiger partial charge on any atom is 0.259 e. The molecule has 0 aliphatic rings. The van der Waals surface area contributed by atoms with Crippen molar-refractivity contribution in [1.82, 2.24) is 4.98 Å². The number of nitrogens with zero attached hydrogens (tertiary/aromatic N) is 1. The lowest BCUT2D eigenvalue weighted by Gasteiger charge is -2.11. The van der Waals surface area contributed by atoms with E-state index in [9.17, 15) is 4.79 Å². The van der Waals surface area contributed by atoms with Crippen LogP contribution in [0.4, 0.5) is 11.5 Å². The number of carbonyl (C=O) groups excluding carboxylic acids is 1. The zero-order chi connectivity index (χ0) is 13.8. The Morgan fingerprint density at radius 2 is 2.11 bits per heavy atom. The molecule has 0 bridgehead atoms. The van der Waals surface area contributed by atoms with Gasteiger partial charge in [0.15, 0.2) is 5.82 Å². The first kappa shape index (κ1) is 13.3. The Morgan fingerprint density at radius 1 is 1.32 bits per heavy atom. The highest BCUT2D eigenvalue weighted by molar-refractivity contribution is 6.31. The van der Waals surface area contributed by atoms with Crippen LogP contribution in [0, 0.1) is 6.92 Å². The summed E-state index contributed by atoms with van der Waals surface area (Å²) in [6, 6.07) is 8.63. The lowest BCUT2D eigenvalue weighted by molar-refractivity contribution is 0.102. The topological polar surface area (TPSA) is 80.0 Å². The van der Waals surface area contributed by atoms with Gasteiger partial charge in [-0.15, -0.1) is 0 Å². The van der Waals surface area contributed by atoms with Gasteiger partial charge in [-0.2, -0.15) is 0 Å². The van der Waals surface area contributed by atoms with E-state index >= 15 is 0 Å². The number of anilines is 2. The summed E-state index contributed by atoms with van der Waals surface area (Å²) in [5, 5.41) is 3.38. The SMILES string of the molecule is Cc1c(Cl)cccc1NC(=O)c1cccnc1NN. The van der Waals surface area contributed by atoms with Gasteiger partial charge < -0.3 is 10.7 Å². The van der Waals surface area contributed by atoms with E-state index in [1.807, 2.05) is 6.92 Å². The Balaban J connectivity index is 2.28. The molecule has 1 aromatic carbocycles. The number of hydrogen-bond acceptors (Lipinski definition) is 4. The Bertz CT molecular complexity index is 615. The fourth-order valence-electron chi connectivity index (χ4n) is 1.64. The second-order valence-electron chi connectivity index (χ2n) is 3.91. The summed E-state index contributed by atoms with van der Waals surface area (Å²) in [5.41, 5.74) is 4.22. The molecule has 98 valence electrons. The Morgan fingerprint density at radius 3 is 2.84 bits per heavy atom. The van der Waals surface area contributed by atoms with Crippen molar-refractivity contribution < 1.29 is 4.79 Å². The van der Waals surface area contributed by atoms with Crippen LogP contribution >= 0.6 is 11.6 Å². The normalized spacial score (nSPS) is 10.1. The largest absolute Gasteiger partial charge is 0.322 e. The molecule has 2 rings (SSSR count). The molecule has 0 aliphatic heterocycles. The number of rotatable bonds is 3. The van der Waals surface area contributed by atoms with Gasteiger partial charge in [0, 0.05) is 16.9 Å². The first-order valence-electron chi connectivity index (χ1n) is 5.61. The number of hydrogen-bond donors (Lipinski definition) is 3. The lowest BCUT2D eigenvalue weighted by Crippen LogP contribution is -2.18. The summed E-state index contributed by atoms with van der Waals surface area (Å²) in [5.74, 6) is 5.34. The number of aromatic nitrogens is 1. The van der Waals surface area contributed by atoms with E-state index in [4.69, 9.17) is 17.4 Å². The number of nitrogens with one attached hydrogen (secondary N) is 2. The summed E-state index contributed by atoms with van der Waals surface area (Å²) >= 11 is 6.01. The average molecular weight is 277 g/mol. The van der Waals surface area contributed by atoms with Gasteiger partial charge >= 0.3 is 0 Å². The molecule has 0 aliphatic carbocycles. The quantitative estimate of drug-likeness (QED) is 0.595. The highest BCUT2D eigenvalue weighted by atomic mass is 35.5. The predicted molar refractivity (Wildman–Crippen MR) is 76.2 cm³/mol. The minimum Gasteiger partial charge on any atom is -0.322 e. The standard InChI is InChI=1S/C13H13ClN4O/c1-8-10(14)5-2-6-11(8)17-13(19)9-4-3-7-16-12(9)18-15/h2-7H,15H2,1H3,(H,16,18)(H,17,19). The zero-order valence-electron chi connectivity index (χ0n) is 10.3. The molecule has 0 radical (unpaired) electrons. The molecule has 0 saturated carbocycles. The summed E-state index contributed by atoms with van der Waals surface area (Å²) in [7, 11) is 0. The van der Waals surface area contributed by atoms with Crippen molar-refractivity contribution in [3.05, 3.63) is 52.7 Å². The Hall–Kier alpha value is -2.11. The maximum absolute atomic E-state index is 12.2. The average Bonchev–Trinajstić information content (AvgIpc) is 2.43. The molecule has 0 unspecified atom stereocenters. The Kier molecular flexibility index (Phi) is 3.99. The molecule has 0 saturated heterocycles. The molecule has 0 atom stereocenters. The molecule has 0 spiro atoms. The first-order valence-corrected chi connectivity index (χ1v) is 5.99. The van der Waals surface area contributed by atoms with Gasteiger partial charge in [-0.3, -0.25) is 4.79 Å². The van der Waals surface area contributed by atoms with Crippen LogP contribution in [-0.2, 0) is 0 Å². The highest BCUT2D eigenvalue weighted by Gasteiger charge is 2.13. The van der Waals surface area contributed by atoms with Crippen LogP contribution in [-0.4, -0.2) is 10.9 Å². The van der Waals surface area contributed by atoms with Crippen molar-refractivity contribution >= 4 is 29.0 Å². The van der Waals surface area contributed by atoms with E-state index in [2.05, 4.69) is 15.7 Å². The van der Waals surface area contributed by atoms with Crippen LogP contribution in [0.2, 0.25) is 5.02 Å². The first-order chi connectivity index (χ1) is 9.13. The molecule has 2 aromatic rings. The van der Waals surface area contributed by atoms with Crippen LogP contribution < -0.4 is 16.6 Å². The fraction of sp³-hybridized carbons (Fsp3) is 0.0769. The molecular formula is C13H13ClN4O. The van der Waals surface area contributed by atoms with E-state index < -0.39 is 0 Å². The molecular weight excluding hydrogens is 264 g/mol. The number of halogens is 1. The van der Waals surface area contributed by atoms with Gasteiger partial charge in [0.1, 0.15) is 0 Å². The van der Waals surface area contributed by atoms with Gasteiger partial charge in [-0.25, -0.2) is 10.8 Å². The van der Waals surface area contributed by atoms with Crippen molar-refractivity contribution in [2.45, 2.75) is 6.92 Å². The van der Waals surface area contributed by atoms with E-state index in [1.54, 1.807) is 36.5 Å². The zero-order valence-corrected chi connectivity index (χ0v) is 11.0. The molecule has 4 N–H and O–H groups in total. The van der Waals surface area contributed by atoms with Gasteiger partial charge in [0.2, 0.25) is 0 Å². The maximum atomic E-state index is 12.2. The fourth-order valence-corrected chi connectivity index (χ4v) is 1.81. The monoisotopic (exact) mass is 276 g/mol. The highest BCUT2D eigenvalue weighted by Crippen LogP contribution is 2.24. The summed E-state index contributed by atoms with van der Waals surface area (Å²) < 4.78 is 0. The molecule has 0 fully saturated rings. The summed E-state index contributed by atoms with van der Waals surface area (Å²) in [4.78, 5) is 16.1. The van der Waals surface area contributed by atoms with Crippen molar-refractivity contribution in [3.63, 3.8) is 0 Å². The molecule has 1 aromatic heterocycles. The van der Waals surface area contributed by atoms with Crippen LogP contribution in [0.25, 0.3) is 0 Å². The van der Waals surface area contributed by atoms with Crippen molar-refractivity contribution in [2.24, 2.45) is 5.84 Å². The van der Waals surface area contributed by atoms with Gasteiger partial charge in [0.05, 0.1) is 5.56 Å². The number of benzene rings is 1. The third-order valence-corrected chi connectivity index (χ3v) is 3.11. The van der Waals surface area contributed by atoms with Crippen LogP contribution in [0.15, 0.2) is 36.5 Å². The van der Waals surface area contributed by atoms with Crippen LogP contribution in [0.5, 0.6) is 0 Å². The molecule has 5 nitrogen and oxygen atoms in total. The van der Waals surface area contributed by atoms with Gasteiger partial charge in [-0.1, -0.05) is 17.7 Å². The predicted octanol–water partition coefficient (Wildman–Crippen LogP) is 2.58. The molecule has 1 amide bonds. The molecule has 6 heteroatoms. The van der Waals surface area contributed by atoms with Crippen molar-refractivity contribution in [1.29, 1.82) is 0 Å². The van der Waals surface area contributed by atoms with E-state index in [0.717, 1.165) is 5.56 Å². The van der Waals surface area contributed by atoms with Gasteiger partial charge in [-0.05, 0) is 36.8 Å². The van der Waals surface area contributed by atoms with Gasteiger partial charge in [0.25, 0.3) is 5.91 Å². The number of hydrazine groups is 1. The smallest absolute Gasteiger partial charge is 0.259 e. The second kappa shape index (κ2) is 5.69. The summed E-state index contributed by atoms with van der Waals surface area (Å²) in [6.07, 6.45) is 1.55. The second-order valence-corrected chi connectivity index (χ2v) is 4.32. The van der Waals surface area contributed by atoms with Crippen LogP contribution in [0.3, 0.4) is 0 Å². The Labute approximate surface area is 115 Å². The van der Waals surface area contributed by atoms with E-state index in [0.29, 0.717) is 22.1 Å². The van der Waals surface area contributed by atoms with Crippen LogP contribution in [0.1, 0.15) is 15.9 Å². The summed E-state index contributed by atoms with van der Waals surface area (Å²) in [6.45, 7) is 1.84. The molecule has 19 heavy (non-hydrogen) atoms. The number of nitrogens with two attached hydrogens (primary N) is 1. The van der Waals surface area contributed by atoms with Crippen molar-refractivity contribution in [3.8, 4) is 0 Å². The van der Waals surface area contributed by atoms with Crippen molar-refractivity contribution in [2.75, 3.05) is 10.7 Å². The van der Waals surface area contributed by atoms with E-state index in [1.165, 1.54) is 0 Å². The number of amides is 1. The minimum atomic E-state index is -0.300. The minimum absolute atomic E-state index is 0.300. The van der Waals surface area contributed by atoms with E-state index in [-0.39, 0.29) is 5.91 Å². The third-order valence-electron chi connectivity index (χ3n) is 2.70. The number of carbonyl (C=O) groups is 1. The third kappa shape index (κ3) is 2.83. The number of nitrogen functional groups attached to an aromatic ring is 1.